The minimum atomic E-state index is -0.844. The van der Waals surface area contributed by atoms with Gasteiger partial charge in [-0.15, -0.1) is 0 Å². The third kappa shape index (κ3) is 2.91. The molecule has 2 heterocycles. The summed E-state index contributed by atoms with van der Waals surface area (Å²) in [5, 5.41) is 0. The standard InChI is InChI=1S/C19H14F2N4O2/c1-24-6-7-25-10-23-17(18(25)19(24)26)13-9-12(22)3-5-15(13)27-16-4-2-11(20)8-14(16)21/h2-10H,22H2,1H3. The minimum absolute atomic E-state index is 0.154. The fraction of sp³-hybridized carbons (Fsp3) is 0.0526. The van der Waals surface area contributed by atoms with Gasteiger partial charge in [0.1, 0.15) is 29.1 Å². The SMILES string of the molecule is Cn1ccn2cnc(-c3cc(N)ccc3Oc3ccc(F)cc3F)c2c1=O. The summed E-state index contributed by atoms with van der Waals surface area (Å²) in [4.78, 5) is 16.9. The molecule has 136 valence electrons. The zero-order chi connectivity index (χ0) is 19.1. The third-order valence-electron chi connectivity index (χ3n) is 4.14. The van der Waals surface area contributed by atoms with Crippen molar-refractivity contribution in [1.29, 1.82) is 0 Å². The van der Waals surface area contributed by atoms with Crippen LogP contribution in [0.25, 0.3) is 16.8 Å². The Kier molecular flexibility index (Phi) is 3.88. The molecule has 0 aliphatic rings. The predicted octanol–water partition coefficient (Wildman–Crippen LogP) is 3.35. The number of hydrogen-bond donors (Lipinski definition) is 1. The lowest BCUT2D eigenvalue weighted by Crippen LogP contribution is -2.18. The van der Waals surface area contributed by atoms with Gasteiger partial charge in [0.15, 0.2) is 11.6 Å². The molecule has 0 amide bonds. The first-order chi connectivity index (χ1) is 12.9. The summed E-state index contributed by atoms with van der Waals surface area (Å²) in [5.41, 5.74) is 7.15. The Bertz CT molecular complexity index is 1230. The number of aromatic nitrogens is 3. The molecular weight excluding hydrogens is 354 g/mol. The normalized spacial score (nSPS) is 11.1. The van der Waals surface area contributed by atoms with Crippen LogP contribution in [0.1, 0.15) is 0 Å². The van der Waals surface area contributed by atoms with Gasteiger partial charge < -0.3 is 15.0 Å². The van der Waals surface area contributed by atoms with Gasteiger partial charge in [-0.3, -0.25) is 9.20 Å². The van der Waals surface area contributed by atoms with Crippen LogP contribution >= 0.6 is 0 Å². The molecule has 0 aliphatic carbocycles. The summed E-state index contributed by atoms with van der Waals surface area (Å²) in [6, 6.07) is 7.73. The van der Waals surface area contributed by atoms with E-state index in [9.17, 15) is 13.6 Å². The number of anilines is 1. The van der Waals surface area contributed by atoms with Crippen LogP contribution in [0.15, 0.2) is 59.9 Å². The second kappa shape index (κ2) is 6.24. The first kappa shape index (κ1) is 16.8. The van der Waals surface area contributed by atoms with Gasteiger partial charge in [-0.25, -0.2) is 13.8 Å². The van der Waals surface area contributed by atoms with Crippen LogP contribution in [0, 0.1) is 11.6 Å². The number of halogens is 2. The first-order valence-electron chi connectivity index (χ1n) is 7.99. The monoisotopic (exact) mass is 368 g/mol. The summed E-state index contributed by atoms with van der Waals surface area (Å²) in [6.45, 7) is 0. The van der Waals surface area contributed by atoms with Crippen molar-refractivity contribution in [1.82, 2.24) is 14.0 Å². The number of nitrogen functional groups attached to an aromatic ring is 1. The van der Waals surface area contributed by atoms with Gasteiger partial charge in [-0.05, 0) is 30.3 Å². The number of benzene rings is 2. The topological polar surface area (TPSA) is 74.6 Å². The molecule has 0 unspecified atom stereocenters. The quantitative estimate of drug-likeness (QED) is 0.563. The largest absolute Gasteiger partial charge is 0.454 e. The van der Waals surface area contributed by atoms with Crippen molar-refractivity contribution in [2.75, 3.05) is 5.73 Å². The lowest BCUT2D eigenvalue weighted by molar-refractivity contribution is 0.439. The van der Waals surface area contributed by atoms with Crippen LogP contribution in [-0.4, -0.2) is 14.0 Å². The van der Waals surface area contributed by atoms with E-state index in [0.717, 1.165) is 12.1 Å². The molecule has 8 heteroatoms. The van der Waals surface area contributed by atoms with Crippen LogP contribution in [-0.2, 0) is 7.05 Å². The fourth-order valence-electron chi connectivity index (χ4n) is 2.79. The van der Waals surface area contributed by atoms with Crippen molar-refractivity contribution < 1.29 is 13.5 Å². The number of rotatable bonds is 3. The average Bonchev–Trinajstić information content (AvgIpc) is 3.06. The Morgan fingerprint density at radius 1 is 1.07 bits per heavy atom. The van der Waals surface area contributed by atoms with Crippen LogP contribution in [0.4, 0.5) is 14.5 Å². The molecule has 0 atom stereocenters. The van der Waals surface area contributed by atoms with Crippen molar-refractivity contribution in [3.05, 3.63) is 77.1 Å². The molecule has 0 saturated heterocycles. The van der Waals surface area contributed by atoms with Crippen LogP contribution in [0.3, 0.4) is 0 Å². The van der Waals surface area contributed by atoms with Crippen molar-refractivity contribution >= 4 is 11.2 Å². The lowest BCUT2D eigenvalue weighted by Gasteiger charge is -2.12. The molecule has 27 heavy (non-hydrogen) atoms. The Hall–Kier alpha value is -3.68. The number of nitrogens with two attached hydrogens (primary N) is 1. The van der Waals surface area contributed by atoms with Crippen molar-refractivity contribution in [3.8, 4) is 22.8 Å². The number of hydrogen-bond acceptors (Lipinski definition) is 4. The molecule has 4 rings (SSSR count). The van der Waals surface area contributed by atoms with E-state index >= 15 is 0 Å². The number of ether oxygens (including phenoxy) is 1. The summed E-state index contributed by atoms with van der Waals surface area (Å²) in [5.74, 6) is -1.47. The highest BCUT2D eigenvalue weighted by atomic mass is 19.1. The van der Waals surface area contributed by atoms with Crippen molar-refractivity contribution in [2.45, 2.75) is 0 Å². The van der Waals surface area contributed by atoms with E-state index in [0.29, 0.717) is 22.5 Å². The molecular formula is C19H14F2N4O2. The number of nitrogens with zero attached hydrogens (tertiary/aromatic N) is 3. The van der Waals surface area contributed by atoms with Gasteiger partial charge in [0.2, 0.25) is 0 Å². The average molecular weight is 368 g/mol. The maximum Gasteiger partial charge on any atom is 0.276 e. The van der Waals surface area contributed by atoms with Crippen LogP contribution in [0.5, 0.6) is 11.5 Å². The highest BCUT2D eigenvalue weighted by Crippen LogP contribution is 2.36. The van der Waals surface area contributed by atoms with E-state index in [1.807, 2.05) is 0 Å². The second-order valence-corrected chi connectivity index (χ2v) is 6.00. The van der Waals surface area contributed by atoms with Gasteiger partial charge >= 0.3 is 0 Å². The van der Waals surface area contributed by atoms with E-state index in [1.54, 1.807) is 42.0 Å². The molecule has 0 saturated carbocycles. The van der Waals surface area contributed by atoms with E-state index in [4.69, 9.17) is 10.5 Å². The van der Waals surface area contributed by atoms with E-state index in [2.05, 4.69) is 4.98 Å². The summed E-state index contributed by atoms with van der Waals surface area (Å²) in [6.07, 6.45) is 4.81. The minimum Gasteiger partial charge on any atom is -0.454 e. The van der Waals surface area contributed by atoms with E-state index in [-0.39, 0.29) is 17.1 Å². The fourth-order valence-corrected chi connectivity index (χ4v) is 2.79. The Morgan fingerprint density at radius 3 is 2.63 bits per heavy atom. The number of imidazole rings is 1. The smallest absolute Gasteiger partial charge is 0.276 e. The van der Waals surface area contributed by atoms with E-state index in [1.165, 1.54) is 17.0 Å². The third-order valence-corrected chi connectivity index (χ3v) is 4.14. The van der Waals surface area contributed by atoms with Crippen LogP contribution < -0.4 is 16.0 Å². The predicted molar refractivity (Wildman–Crippen MR) is 96.7 cm³/mol. The number of fused-ring (bicyclic) bond motifs is 1. The second-order valence-electron chi connectivity index (χ2n) is 6.00. The van der Waals surface area contributed by atoms with Gasteiger partial charge in [0.05, 0.1) is 0 Å². The van der Waals surface area contributed by atoms with Crippen LogP contribution in [0.2, 0.25) is 0 Å². The molecule has 0 radical (unpaired) electrons. The van der Waals surface area contributed by atoms with Gasteiger partial charge in [0.25, 0.3) is 5.56 Å². The summed E-state index contributed by atoms with van der Waals surface area (Å²) in [7, 11) is 1.63. The molecule has 0 spiro atoms. The van der Waals surface area contributed by atoms with E-state index < -0.39 is 11.6 Å². The van der Waals surface area contributed by atoms with Gasteiger partial charge in [-0.1, -0.05) is 0 Å². The molecule has 4 aromatic rings. The molecule has 2 N–H and O–H groups in total. The Labute approximate surface area is 152 Å². The molecule has 0 fully saturated rings. The molecule has 0 bridgehead atoms. The molecule has 6 nitrogen and oxygen atoms in total. The molecule has 2 aromatic carbocycles. The Balaban J connectivity index is 1.91. The first-order valence-corrected chi connectivity index (χ1v) is 7.99. The number of aryl methyl sites for hydroxylation is 1. The highest BCUT2D eigenvalue weighted by Gasteiger charge is 2.18. The molecule has 0 aliphatic heterocycles. The van der Waals surface area contributed by atoms with Crippen molar-refractivity contribution in [3.63, 3.8) is 0 Å². The van der Waals surface area contributed by atoms with Crippen molar-refractivity contribution in [2.24, 2.45) is 7.05 Å². The molecule has 2 aromatic heterocycles. The maximum atomic E-state index is 14.0. The van der Waals surface area contributed by atoms with Gasteiger partial charge in [0, 0.05) is 36.8 Å². The summed E-state index contributed by atoms with van der Waals surface area (Å²) >= 11 is 0. The summed E-state index contributed by atoms with van der Waals surface area (Å²) < 4.78 is 35.8. The highest BCUT2D eigenvalue weighted by molar-refractivity contribution is 5.82. The lowest BCUT2D eigenvalue weighted by atomic mass is 10.1. The van der Waals surface area contributed by atoms with Gasteiger partial charge in [-0.2, -0.15) is 0 Å². The zero-order valence-corrected chi connectivity index (χ0v) is 14.2. The zero-order valence-electron chi connectivity index (χ0n) is 14.2. The Morgan fingerprint density at radius 2 is 1.85 bits per heavy atom. The maximum absolute atomic E-state index is 14.0.